The van der Waals surface area contributed by atoms with E-state index < -0.39 is 0 Å². The van der Waals surface area contributed by atoms with Crippen LogP contribution in [0.15, 0.2) is 24.9 Å². The summed E-state index contributed by atoms with van der Waals surface area (Å²) in [4.78, 5) is 30.1. The Bertz CT molecular complexity index is 742. The highest BCUT2D eigenvalue weighted by molar-refractivity contribution is 5.92. The van der Waals surface area contributed by atoms with E-state index in [0.29, 0.717) is 31.4 Å². The molecule has 1 N–H and O–H groups in total. The third-order valence-corrected chi connectivity index (χ3v) is 4.72. The molecule has 2 aromatic heterocycles. The Morgan fingerprint density at radius 1 is 1.20 bits per heavy atom. The Kier molecular flexibility index (Phi) is 4.21. The maximum absolute atomic E-state index is 12.3. The smallest absolute Gasteiger partial charge is 0.273 e. The lowest BCUT2D eigenvalue weighted by molar-refractivity contribution is -0.133. The van der Waals surface area contributed by atoms with Gasteiger partial charge in [0.1, 0.15) is 6.54 Å². The molecule has 0 atom stereocenters. The number of hydrogen-bond acceptors (Lipinski definition) is 5. The second-order valence-corrected chi connectivity index (χ2v) is 6.68. The molecular formula is C16H21N7O2. The zero-order chi connectivity index (χ0) is 17.2. The van der Waals surface area contributed by atoms with Crippen molar-refractivity contribution in [3.05, 3.63) is 30.6 Å². The molecule has 0 bridgehead atoms. The van der Waals surface area contributed by atoms with Crippen LogP contribution in [0.3, 0.4) is 0 Å². The molecule has 2 aliphatic rings. The van der Waals surface area contributed by atoms with Gasteiger partial charge in [-0.2, -0.15) is 0 Å². The van der Waals surface area contributed by atoms with E-state index in [9.17, 15) is 9.59 Å². The molecule has 2 amide bonds. The number of piperidine rings is 1. The van der Waals surface area contributed by atoms with Crippen molar-refractivity contribution in [2.24, 2.45) is 0 Å². The van der Waals surface area contributed by atoms with Crippen LogP contribution in [0, 0.1) is 0 Å². The fourth-order valence-electron chi connectivity index (χ4n) is 3.06. The Balaban J connectivity index is 1.30. The summed E-state index contributed by atoms with van der Waals surface area (Å²) in [6, 6.07) is 0.481. The van der Waals surface area contributed by atoms with Crippen LogP contribution < -0.4 is 5.32 Å². The van der Waals surface area contributed by atoms with Gasteiger partial charge in [0.15, 0.2) is 5.69 Å². The Morgan fingerprint density at radius 2 is 2.00 bits per heavy atom. The predicted molar refractivity (Wildman–Crippen MR) is 87.6 cm³/mol. The SMILES string of the molecule is O=C(NC1CC1)c1cn(C2CCN(C(=O)Cn3ccnc3)CC2)nn1. The Labute approximate surface area is 145 Å². The zero-order valence-corrected chi connectivity index (χ0v) is 13.9. The van der Waals surface area contributed by atoms with Gasteiger partial charge in [-0.1, -0.05) is 5.21 Å². The summed E-state index contributed by atoms with van der Waals surface area (Å²) in [5.74, 6) is -0.0544. The summed E-state index contributed by atoms with van der Waals surface area (Å²) in [5, 5.41) is 11.0. The Morgan fingerprint density at radius 3 is 2.68 bits per heavy atom. The first kappa shape index (κ1) is 15.8. The van der Waals surface area contributed by atoms with Crippen LogP contribution >= 0.6 is 0 Å². The minimum Gasteiger partial charge on any atom is -0.348 e. The third-order valence-electron chi connectivity index (χ3n) is 4.72. The second-order valence-electron chi connectivity index (χ2n) is 6.68. The standard InChI is InChI=1S/C16H21N7O2/c24-15(10-21-8-5-17-11-21)22-6-3-13(4-7-22)23-9-14(19-20-23)16(25)18-12-1-2-12/h5,8-9,11-13H,1-4,6-7,10H2,(H,18,25). The maximum atomic E-state index is 12.3. The predicted octanol–water partition coefficient (Wildman–Crippen LogP) is 0.230. The van der Waals surface area contributed by atoms with Crippen molar-refractivity contribution in [2.75, 3.05) is 13.1 Å². The number of rotatable bonds is 5. The molecule has 132 valence electrons. The van der Waals surface area contributed by atoms with Crippen LogP contribution in [-0.4, -0.2) is 60.4 Å². The monoisotopic (exact) mass is 343 g/mol. The lowest BCUT2D eigenvalue weighted by Gasteiger charge is -2.31. The average Bonchev–Trinajstić information content (AvgIpc) is 3.11. The van der Waals surface area contributed by atoms with Gasteiger partial charge in [-0.15, -0.1) is 5.10 Å². The van der Waals surface area contributed by atoms with Crippen LogP contribution in [0.25, 0.3) is 0 Å². The summed E-state index contributed by atoms with van der Waals surface area (Å²) in [6.45, 7) is 1.68. The summed E-state index contributed by atoms with van der Waals surface area (Å²) in [6.07, 6.45) is 10.5. The van der Waals surface area contributed by atoms with E-state index in [1.165, 1.54) is 0 Å². The van der Waals surface area contributed by atoms with E-state index in [-0.39, 0.29) is 17.9 Å². The first-order valence-electron chi connectivity index (χ1n) is 8.65. The van der Waals surface area contributed by atoms with Crippen molar-refractivity contribution < 1.29 is 9.59 Å². The fraction of sp³-hybridized carbons (Fsp3) is 0.562. The van der Waals surface area contributed by atoms with Crippen molar-refractivity contribution in [1.29, 1.82) is 0 Å². The minimum atomic E-state index is -0.151. The molecule has 1 aliphatic carbocycles. The van der Waals surface area contributed by atoms with Gasteiger partial charge < -0.3 is 14.8 Å². The summed E-state index contributed by atoms with van der Waals surface area (Å²) in [5.41, 5.74) is 0.366. The molecule has 1 saturated heterocycles. The van der Waals surface area contributed by atoms with Gasteiger partial charge in [0, 0.05) is 31.5 Å². The van der Waals surface area contributed by atoms with Gasteiger partial charge in [-0.25, -0.2) is 9.67 Å². The van der Waals surface area contributed by atoms with E-state index in [1.54, 1.807) is 34.2 Å². The van der Waals surface area contributed by atoms with E-state index in [1.807, 2.05) is 4.90 Å². The van der Waals surface area contributed by atoms with Crippen LogP contribution in [0.4, 0.5) is 0 Å². The van der Waals surface area contributed by atoms with Crippen LogP contribution in [0.1, 0.15) is 42.2 Å². The highest BCUT2D eigenvalue weighted by atomic mass is 16.2. The highest BCUT2D eigenvalue weighted by Crippen LogP contribution is 2.22. The number of carbonyl (C=O) groups excluding carboxylic acids is 2. The van der Waals surface area contributed by atoms with Gasteiger partial charge in [-0.05, 0) is 25.7 Å². The van der Waals surface area contributed by atoms with Crippen molar-refractivity contribution in [3.63, 3.8) is 0 Å². The van der Waals surface area contributed by atoms with Gasteiger partial charge >= 0.3 is 0 Å². The normalized spacial score (nSPS) is 18.3. The van der Waals surface area contributed by atoms with E-state index in [0.717, 1.165) is 25.7 Å². The summed E-state index contributed by atoms with van der Waals surface area (Å²) >= 11 is 0. The number of hydrogen-bond donors (Lipinski definition) is 1. The van der Waals surface area contributed by atoms with E-state index in [4.69, 9.17) is 0 Å². The molecule has 0 aromatic carbocycles. The number of aromatic nitrogens is 5. The first-order valence-corrected chi connectivity index (χ1v) is 8.65. The number of amides is 2. The first-order chi connectivity index (χ1) is 12.2. The number of likely N-dealkylation sites (tertiary alicyclic amines) is 1. The molecule has 1 saturated carbocycles. The fourth-order valence-corrected chi connectivity index (χ4v) is 3.06. The van der Waals surface area contributed by atoms with Gasteiger partial charge in [-0.3, -0.25) is 9.59 Å². The van der Waals surface area contributed by atoms with Crippen LogP contribution in [0.2, 0.25) is 0 Å². The summed E-state index contributed by atoms with van der Waals surface area (Å²) < 4.78 is 3.54. The molecule has 0 radical (unpaired) electrons. The largest absolute Gasteiger partial charge is 0.348 e. The van der Waals surface area contributed by atoms with Gasteiger partial charge in [0.25, 0.3) is 5.91 Å². The zero-order valence-electron chi connectivity index (χ0n) is 13.9. The van der Waals surface area contributed by atoms with Crippen molar-refractivity contribution in [2.45, 2.75) is 44.3 Å². The molecule has 0 unspecified atom stereocenters. The molecule has 2 aromatic rings. The highest BCUT2D eigenvalue weighted by Gasteiger charge is 2.27. The number of carbonyl (C=O) groups is 2. The number of nitrogens with zero attached hydrogens (tertiary/aromatic N) is 6. The topological polar surface area (TPSA) is 97.9 Å². The van der Waals surface area contributed by atoms with Gasteiger partial charge in [0.05, 0.1) is 18.6 Å². The molecular weight excluding hydrogens is 322 g/mol. The lowest BCUT2D eigenvalue weighted by Crippen LogP contribution is -2.40. The quantitative estimate of drug-likeness (QED) is 0.838. The third kappa shape index (κ3) is 3.70. The molecule has 4 rings (SSSR count). The molecule has 9 nitrogen and oxygen atoms in total. The van der Waals surface area contributed by atoms with Gasteiger partial charge in [0.2, 0.25) is 5.91 Å². The molecule has 2 fully saturated rings. The number of imidazole rings is 1. The molecule has 0 spiro atoms. The molecule has 9 heteroatoms. The average molecular weight is 343 g/mol. The summed E-state index contributed by atoms with van der Waals surface area (Å²) in [7, 11) is 0. The van der Waals surface area contributed by atoms with Crippen molar-refractivity contribution in [1.82, 2.24) is 34.8 Å². The lowest BCUT2D eigenvalue weighted by atomic mass is 10.1. The number of nitrogens with one attached hydrogen (secondary N) is 1. The van der Waals surface area contributed by atoms with Crippen molar-refractivity contribution >= 4 is 11.8 Å². The van der Waals surface area contributed by atoms with Crippen LogP contribution in [0.5, 0.6) is 0 Å². The van der Waals surface area contributed by atoms with Crippen molar-refractivity contribution in [3.8, 4) is 0 Å². The van der Waals surface area contributed by atoms with Crippen LogP contribution in [-0.2, 0) is 11.3 Å². The Hall–Kier alpha value is -2.71. The maximum Gasteiger partial charge on any atom is 0.273 e. The molecule has 1 aliphatic heterocycles. The van der Waals surface area contributed by atoms with E-state index in [2.05, 4.69) is 20.6 Å². The molecule has 25 heavy (non-hydrogen) atoms. The van der Waals surface area contributed by atoms with E-state index >= 15 is 0 Å². The molecule has 3 heterocycles. The minimum absolute atomic E-state index is 0.0968. The second kappa shape index (κ2) is 6.66.